The van der Waals surface area contributed by atoms with E-state index < -0.39 is 30.8 Å². The SMILES string of the molecule is O=S([O-])(=S)OC(F)(F)F.O=S([O-])(=S)OC(F)(F)F.[Cu+2]. The summed E-state index contributed by atoms with van der Waals surface area (Å²) in [7, 11) is -9.65. The van der Waals surface area contributed by atoms with Crippen molar-refractivity contribution < 1.29 is 69.3 Å². The molecule has 0 aromatic heterocycles. The monoisotopic (exact) mass is 425 g/mol. The average Bonchev–Trinajstić information content (AvgIpc) is 1.64. The first kappa shape index (κ1) is 24.7. The zero-order chi connectivity index (χ0) is 15.4. The summed E-state index contributed by atoms with van der Waals surface area (Å²) in [6.45, 7) is 0. The molecule has 0 aliphatic carbocycles. The molecule has 0 rings (SSSR count). The molecule has 0 heterocycles. The van der Waals surface area contributed by atoms with E-state index in [9.17, 15) is 43.9 Å². The van der Waals surface area contributed by atoms with Crippen LogP contribution >= 0.6 is 0 Å². The van der Waals surface area contributed by atoms with Gasteiger partial charge in [0.25, 0.3) is 0 Å². The largest absolute Gasteiger partial charge is 2.00 e. The van der Waals surface area contributed by atoms with Crippen LogP contribution in [0.15, 0.2) is 0 Å². The molecule has 0 saturated heterocycles. The first-order valence-electron chi connectivity index (χ1n) is 2.88. The van der Waals surface area contributed by atoms with Crippen molar-refractivity contribution in [2.45, 2.75) is 12.7 Å². The number of hydrogen-bond acceptors (Lipinski definition) is 8. The molecule has 0 bridgehead atoms. The van der Waals surface area contributed by atoms with Crippen molar-refractivity contribution >= 4 is 40.5 Å². The fourth-order valence-corrected chi connectivity index (χ4v) is 1.16. The molecule has 0 spiro atoms. The third-order valence-electron chi connectivity index (χ3n) is 0.393. The molecule has 0 fully saturated rings. The van der Waals surface area contributed by atoms with Crippen LogP contribution < -0.4 is 0 Å². The molecule has 0 saturated carbocycles. The molecule has 121 valence electrons. The summed E-state index contributed by atoms with van der Waals surface area (Å²) >= 11 is 6.53. The summed E-state index contributed by atoms with van der Waals surface area (Å²) in [6, 6.07) is 0. The van der Waals surface area contributed by atoms with Gasteiger partial charge in [-0.3, -0.25) is 0 Å². The second kappa shape index (κ2) is 8.20. The molecular weight excluding hydrogens is 426 g/mol. The summed E-state index contributed by atoms with van der Waals surface area (Å²) in [5, 5.41) is 0. The molecule has 6 nitrogen and oxygen atoms in total. The van der Waals surface area contributed by atoms with Gasteiger partial charge in [0.15, 0.2) is 0 Å². The van der Waals surface area contributed by atoms with Crippen molar-refractivity contribution in [3.8, 4) is 0 Å². The van der Waals surface area contributed by atoms with E-state index >= 15 is 0 Å². The number of halogens is 6. The van der Waals surface area contributed by atoms with Gasteiger partial charge >= 0.3 is 29.8 Å². The fourth-order valence-electron chi connectivity index (χ4n) is 0.231. The van der Waals surface area contributed by atoms with Gasteiger partial charge in [-0.05, 0) is 22.4 Å². The van der Waals surface area contributed by atoms with E-state index in [1.165, 1.54) is 0 Å². The van der Waals surface area contributed by atoms with Crippen LogP contribution in [0, 0.1) is 0 Å². The van der Waals surface area contributed by atoms with Crippen molar-refractivity contribution in [3.05, 3.63) is 0 Å². The smallest absolute Gasteiger partial charge is 0.748 e. The Hall–Kier alpha value is 0.679. The van der Waals surface area contributed by atoms with E-state index in [0.717, 1.165) is 0 Å². The molecule has 1 radical (unpaired) electrons. The van der Waals surface area contributed by atoms with E-state index in [2.05, 4.69) is 30.7 Å². The minimum absolute atomic E-state index is 0. The molecule has 0 N–H and O–H groups in total. The minimum atomic E-state index is -5.21. The molecular formula is C2CuF6O6S4. The summed E-state index contributed by atoms with van der Waals surface area (Å²) in [5.41, 5.74) is 0. The molecule has 2 unspecified atom stereocenters. The Morgan fingerprint density at radius 2 is 0.947 bits per heavy atom. The maximum Gasteiger partial charge on any atom is 2.00 e. The summed E-state index contributed by atoms with van der Waals surface area (Å²) < 4.78 is 108. The predicted octanol–water partition coefficient (Wildman–Crippen LogP) is 0.627. The topological polar surface area (TPSA) is 98.7 Å². The number of alkyl halides is 6. The molecule has 0 amide bonds. The molecule has 2 atom stereocenters. The summed E-state index contributed by atoms with van der Waals surface area (Å²) in [5.74, 6) is 0. The van der Waals surface area contributed by atoms with E-state index in [1.54, 1.807) is 0 Å². The third kappa shape index (κ3) is 32.3. The second-order valence-electron chi connectivity index (χ2n) is 1.87. The second-order valence-corrected chi connectivity index (χ2v) is 6.29. The summed E-state index contributed by atoms with van der Waals surface area (Å²) in [4.78, 5) is 0. The number of hydrogen-bond donors (Lipinski definition) is 0. The van der Waals surface area contributed by atoms with Gasteiger partial charge in [0.2, 0.25) is 0 Å². The quantitative estimate of drug-likeness (QED) is 0.469. The van der Waals surface area contributed by atoms with Gasteiger partial charge in [0.05, 0.1) is 18.1 Å². The van der Waals surface area contributed by atoms with Crippen molar-refractivity contribution in [1.82, 2.24) is 0 Å². The first-order chi connectivity index (χ1) is 7.41. The molecule has 17 heteroatoms. The Kier molecular flexibility index (Phi) is 10.7. The predicted molar refractivity (Wildman–Crippen MR) is 46.8 cm³/mol. The summed E-state index contributed by atoms with van der Waals surface area (Å²) in [6.07, 6.45) is -10.4. The van der Waals surface area contributed by atoms with Crippen LogP contribution in [0.5, 0.6) is 0 Å². The normalized spacial score (nSPS) is 18.1. The third-order valence-corrected chi connectivity index (χ3v) is 1.59. The van der Waals surface area contributed by atoms with E-state index in [-0.39, 0.29) is 17.1 Å². The van der Waals surface area contributed by atoms with Crippen LogP contribution in [-0.4, -0.2) is 30.2 Å². The van der Waals surface area contributed by atoms with Crippen molar-refractivity contribution in [1.29, 1.82) is 0 Å². The van der Waals surface area contributed by atoms with E-state index in [4.69, 9.17) is 0 Å². The van der Waals surface area contributed by atoms with Crippen molar-refractivity contribution in [2.24, 2.45) is 0 Å². The Morgan fingerprint density at radius 3 is 0.947 bits per heavy atom. The fraction of sp³-hybridized carbons (Fsp3) is 1.00. The standard InChI is InChI=1S/2CHF3O3S2.Cu/c2*2-1(3,4)7-9(5,6)8;/h2*(H,5,6,8);/q;;+2/p-2. The maximum absolute atomic E-state index is 10.9. The Morgan fingerprint density at radius 1 is 0.789 bits per heavy atom. The van der Waals surface area contributed by atoms with Gasteiger partial charge < -0.3 is 9.11 Å². The van der Waals surface area contributed by atoms with Gasteiger partial charge in [0.1, 0.15) is 0 Å². The van der Waals surface area contributed by atoms with Crippen molar-refractivity contribution in [2.75, 3.05) is 0 Å². The van der Waals surface area contributed by atoms with Crippen LogP contribution in [0.2, 0.25) is 0 Å². The molecule has 19 heavy (non-hydrogen) atoms. The molecule has 0 aliphatic heterocycles. The van der Waals surface area contributed by atoms with Crippen molar-refractivity contribution in [3.63, 3.8) is 0 Å². The minimum Gasteiger partial charge on any atom is -0.748 e. The van der Waals surface area contributed by atoms with Crippen LogP contribution in [0.25, 0.3) is 0 Å². The van der Waals surface area contributed by atoms with Gasteiger partial charge in [-0.2, -0.15) is 0 Å². The van der Waals surface area contributed by atoms with Crippen LogP contribution in [0.3, 0.4) is 0 Å². The van der Waals surface area contributed by atoms with E-state index in [0.29, 0.717) is 0 Å². The van der Waals surface area contributed by atoms with Gasteiger partial charge in [0, 0.05) is 0 Å². The Bertz CT molecular complexity index is 405. The van der Waals surface area contributed by atoms with E-state index in [1.807, 2.05) is 0 Å². The van der Waals surface area contributed by atoms with Gasteiger partial charge in [-0.25, -0.2) is 16.8 Å². The maximum atomic E-state index is 10.9. The Balaban J connectivity index is -0.000000256. The van der Waals surface area contributed by atoms with Crippen LogP contribution in [0.1, 0.15) is 0 Å². The number of rotatable bonds is 2. The molecule has 0 aromatic carbocycles. The molecule has 0 aliphatic rings. The van der Waals surface area contributed by atoms with Gasteiger partial charge in [-0.1, -0.05) is 0 Å². The van der Waals surface area contributed by atoms with Crippen LogP contribution in [-0.2, 0) is 65.9 Å². The zero-order valence-electron chi connectivity index (χ0n) is 7.65. The van der Waals surface area contributed by atoms with Gasteiger partial charge in [-0.15, -0.1) is 26.3 Å². The van der Waals surface area contributed by atoms with Crippen LogP contribution in [0.4, 0.5) is 26.3 Å². The average molecular weight is 426 g/mol. The first-order valence-corrected chi connectivity index (χ1v) is 7.54. The molecule has 0 aromatic rings. The Labute approximate surface area is 122 Å². The zero-order valence-corrected chi connectivity index (χ0v) is 11.9.